The first-order valence-electron chi connectivity index (χ1n) is 6.68. The third-order valence-corrected chi connectivity index (χ3v) is 4.92. The molecular formula is C13H19N3O4S. The summed E-state index contributed by atoms with van der Waals surface area (Å²) in [6.07, 6.45) is 1.33. The van der Waals surface area contributed by atoms with Crippen LogP contribution in [0.5, 0.6) is 5.75 Å². The van der Waals surface area contributed by atoms with Crippen molar-refractivity contribution in [2.45, 2.75) is 30.7 Å². The lowest BCUT2D eigenvalue weighted by Gasteiger charge is -2.21. The van der Waals surface area contributed by atoms with Gasteiger partial charge in [0.05, 0.1) is 10.6 Å². The van der Waals surface area contributed by atoms with Crippen LogP contribution in [0.3, 0.4) is 0 Å². The van der Waals surface area contributed by atoms with Crippen molar-refractivity contribution >= 4 is 21.6 Å². The fourth-order valence-electron chi connectivity index (χ4n) is 2.30. The number of hydrogen-bond donors (Lipinski definition) is 3. The number of nitrogens with zero attached hydrogens (tertiary/aromatic N) is 1. The van der Waals surface area contributed by atoms with Crippen LogP contribution in [0, 0.1) is 0 Å². The van der Waals surface area contributed by atoms with Gasteiger partial charge < -0.3 is 15.7 Å². The number of nitrogens with one attached hydrogen (secondary N) is 1. The Balaban J connectivity index is 2.06. The molecule has 1 aliphatic rings. The van der Waals surface area contributed by atoms with Gasteiger partial charge in [0.15, 0.2) is 0 Å². The number of rotatable bonds is 5. The Morgan fingerprint density at radius 3 is 2.76 bits per heavy atom. The molecule has 1 fully saturated rings. The number of nitrogen functional groups attached to an aromatic ring is 1. The molecule has 1 atom stereocenters. The molecule has 1 aliphatic heterocycles. The topological polar surface area (TPSA) is 113 Å². The van der Waals surface area contributed by atoms with E-state index in [2.05, 4.69) is 4.72 Å². The van der Waals surface area contributed by atoms with Gasteiger partial charge in [-0.2, -0.15) is 0 Å². The highest BCUT2D eigenvalue weighted by Gasteiger charge is 2.24. The van der Waals surface area contributed by atoms with Crippen molar-refractivity contribution in [3.8, 4) is 5.75 Å². The van der Waals surface area contributed by atoms with Crippen LogP contribution in [0.2, 0.25) is 0 Å². The van der Waals surface area contributed by atoms with E-state index >= 15 is 0 Å². The number of nitrogens with two attached hydrogens (primary N) is 1. The molecule has 1 aromatic rings. The van der Waals surface area contributed by atoms with Crippen LogP contribution in [0.25, 0.3) is 0 Å². The van der Waals surface area contributed by atoms with Gasteiger partial charge in [-0.25, -0.2) is 13.1 Å². The number of hydrogen-bond acceptors (Lipinski definition) is 5. The Morgan fingerprint density at radius 2 is 2.19 bits per heavy atom. The first-order chi connectivity index (χ1) is 9.79. The summed E-state index contributed by atoms with van der Waals surface area (Å²) in [5.74, 6) is -0.111. The quantitative estimate of drug-likeness (QED) is 0.533. The molecule has 8 heteroatoms. The van der Waals surface area contributed by atoms with E-state index in [0.29, 0.717) is 19.5 Å². The number of anilines is 1. The maximum atomic E-state index is 12.2. The molecule has 7 nitrogen and oxygen atoms in total. The number of sulfonamides is 1. The van der Waals surface area contributed by atoms with Crippen molar-refractivity contribution in [1.29, 1.82) is 0 Å². The summed E-state index contributed by atoms with van der Waals surface area (Å²) in [5, 5.41) is 9.33. The van der Waals surface area contributed by atoms with Crippen LogP contribution >= 0.6 is 0 Å². The maximum absolute atomic E-state index is 12.2. The van der Waals surface area contributed by atoms with Gasteiger partial charge in [-0.05, 0) is 31.5 Å². The maximum Gasteiger partial charge on any atom is 0.240 e. The van der Waals surface area contributed by atoms with E-state index in [1.165, 1.54) is 18.2 Å². The summed E-state index contributed by atoms with van der Waals surface area (Å²) in [6, 6.07) is 3.30. The minimum absolute atomic E-state index is 0.000230. The van der Waals surface area contributed by atoms with E-state index < -0.39 is 16.1 Å². The molecule has 0 spiro atoms. The molecule has 0 aromatic heterocycles. The van der Waals surface area contributed by atoms with Gasteiger partial charge in [-0.15, -0.1) is 0 Å². The van der Waals surface area contributed by atoms with Crippen molar-refractivity contribution in [2.75, 3.05) is 18.8 Å². The molecule has 1 aromatic carbocycles. The first-order valence-corrected chi connectivity index (χ1v) is 8.16. The highest BCUT2D eigenvalue weighted by molar-refractivity contribution is 7.89. The fourth-order valence-corrected chi connectivity index (χ4v) is 3.57. The zero-order valence-electron chi connectivity index (χ0n) is 11.7. The highest BCUT2D eigenvalue weighted by Crippen LogP contribution is 2.23. The Hall–Kier alpha value is -1.80. The van der Waals surface area contributed by atoms with Gasteiger partial charge in [0.2, 0.25) is 15.9 Å². The number of amides is 1. The van der Waals surface area contributed by atoms with E-state index in [0.717, 1.165) is 6.42 Å². The van der Waals surface area contributed by atoms with Crippen LogP contribution in [0.15, 0.2) is 23.1 Å². The zero-order chi connectivity index (χ0) is 15.6. The SMILES string of the molecule is CC(CN1CCCC1=O)NS(=O)(=O)c1ccc(O)c(N)c1. The Bertz CT molecular complexity index is 645. The standard InChI is InChI=1S/C13H19N3O4S/c1-9(8-16-6-2-3-13(16)18)15-21(19,20)10-4-5-12(17)11(14)7-10/h4-5,7,9,15,17H,2-3,6,8,14H2,1H3. The fraction of sp³-hybridized carbons (Fsp3) is 0.462. The molecule has 4 N–H and O–H groups in total. The first kappa shape index (κ1) is 15.6. The number of carbonyl (C=O) groups excluding carboxylic acids is 1. The highest BCUT2D eigenvalue weighted by atomic mass is 32.2. The molecule has 1 heterocycles. The second-order valence-corrected chi connectivity index (χ2v) is 6.90. The molecule has 116 valence electrons. The van der Waals surface area contributed by atoms with Crippen LogP contribution < -0.4 is 10.5 Å². The van der Waals surface area contributed by atoms with E-state index in [9.17, 15) is 18.3 Å². The monoisotopic (exact) mass is 313 g/mol. The van der Waals surface area contributed by atoms with Crippen molar-refractivity contribution < 1.29 is 18.3 Å². The predicted octanol–water partition coefficient (Wildman–Crippen LogP) is 0.264. The summed E-state index contributed by atoms with van der Waals surface area (Å²) >= 11 is 0. The molecule has 0 bridgehead atoms. The molecule has 1 amide bonds. The Kier molecular flexibility index (Phi) is 4.38. The number of benzene rings is 1. The molecule has 1 unspecified atom stereocenters. The zero-order valence-corrected chi connectivity index (χ0v) is 12.6. The van der Waals surface area contributed by atoms with Crippen molar-refractivity contribution in [3.63, 3.8) is 0 Å². The van der Waals surface area contributed by atoms with E-state index in [4.69, 9.17) is 5.73 Å². The average molecular weight is 313 g/mol. The minimum atomic E-state index is -3.74. The molecule has 21 heavy (non-hydrogen) atoms. The van der Waals surface area contributed by atoms with E-state index in [1.807, 2.05) is 0 Å². The van der Waals surface area contributed by atoms with Crippen molar-refractivity contribution in [3.05, 3.63) is 18.2 Å². The second-order valence-electron chi connectivity index (χ2n) is 5.19. The molecular weight excluding hydrogens is 294 g/mol. The molecule has 0 saturated carbocycles. The van der Waals surface area contributed by atoms with E-state index in [-0.39, 0.29) is 22.2 Å². The van der Waals surface area contributed by atoms with Gasteiger partial charge in [0.25, 0.3) is 0 Å². The van der Waals surface area contributed by atoms with Crippen LogP contribution in [-0.2, 0) is 14.8 Å². The lowest BCUT2D eigenvalue weighted by Crippen LogP contribution is -2.42. The second kappa shape index (κ2) is 5.90. The minimum Gasteiger partial charge on any atom is -0.506 e. The van der Waals surface area contributed by atoms with Gasteiger partial charge in [-0.3, -0.25) is 4.79 Å². The van der Waals surface area contributed by atoms with E-state index in [1.54, 1.807) is 11.8 Å². The number of carbonyl (C=O) groups is 1. The summed E-state index contributed by atoms with van der Waals surface area (Å²) in [7, 11) is -3.74. The normalized spacial score (nSPS) is 17.2. The lowest BCUT2D eigenvalue weighted by molar-refractivity contribution is -0.127. The number of phenolic OH excluding ortho intramolecular Hbond substituents is 1. The Labute approximate surface area is 123 Å². The summed E-state index contributed by atoms with van der Waals surface area (Å²) < 4.78 is 26.9. The Morgan fingerprint density at radius 1 is 1.48 bits per heavy atom. The largest absolute Gasteiger partial charge is 0.506 e. The van der Waals surface area contributed by atoms with Gasteiger partial charge >= 0.3 is 0 Å². The lowest BCUT2D eigenvalue weighted by atomic mass is 10.3. The molecule has 2 rings (SSSR count). The summed E-state index contributed by atoms with van der Waals surface area (Å²) in [5.41, 5.74) is 5.50. The summed E-state index contributed by atoms with van der Waals surface area (Å²) in [6.45, 7) is 2.70. The average Bonchev–Trinajstić information content (AvgIpc) is 2.77. The smallest absolute Gasteiger partial charge is 0.240 e. The molecule has 1 saturated heterocycles. The third-order valence-electron chi connectivity index (χ3n) is 3.33. The van der Waals surface area contributed by atoms with Gasteiger partial charge in [0, 0.05) is 25.6 Å². The number of phenols is 1. The van der Waals surface area contributed by atoms with Crippen LogP contribution in [0.1, 0.15) is 19.8 Å². The van der Waals surface area contributed by atoms with Crippen LogP contribution in [-0.4, -0.2) is 43.5 Å². The number of aromatic hydroxyl groups is 1. The molecule has 0 radical (unpaired) electrons. The van der Waals surface area contributed by atoms with Crippen LogP contribution in [0.4, 0.5) is 5.69 Å². The van der Waals surface area contributed by atoms with Gasteiger partial charge in [-0.1, -0.05) is 0 Å². The predicted molar refractivity (Wildman–Crippen MR) is 78.1 cm³/mol. The number of likely N-dealkylation sites (tertiary alicyclic amines) is 1. The van der Waals surface area contributed by atoms with Crippen molar-refractivity contribution in [1.82, 2.24) is 9.62 Å². The third kappa shape index (κ3) is 3.64. The van der Waals surface area contributed by atoms with Crippen molar-refractivity contribution in [2.24, 2.45) is 0 Å². The molecule has 0 aliphatic carbocycles. The van der Waals surface area contributed by atoms with Gasteiger partial charge in [0.1, 0.15) is 5.75 Å². The summed E-state index contributed by atoms with van der Waals surface area (Å²) in [4.78, 5) is 13.2.